The minimum Gasteiger partial charge on any atom is -0.478 e. The summed E-state index contributed by atoms with van der Waals surface area (Å²) in [7, 11) is 0. The van der Waals surface area contributed by atoms with Crippen molar-refractivity contribution < 1.29 is 9.90 Å². The molecular weight excluding hydrogens is 218 g/mol. The summed E-state index contributed by atoms with van der Waals surface area (Å²) < 4.78 is 0. The van der Waals surface area contributed by atoms with E-state index in [1.165, 1.54) is 6.07 Å². The lowest BCUT2D eigenvalue weighted by atomic mass is 10.2. The van der Waals surface area contributed by atoms with Crippen molar-refractivity contribution in [3.63, 3.8) is 0 Å². The van der Waals surface area contributed by atoms with E-state index < -0.39 is 5.97 Å². The first-order valence-electron chi connectivity index (χ1n) is 3.93. The second kappa shape index (κ2) is 4.10. The summed E-state index contributed by atoms with van der Waals surface area (Å²) in [4.78, 5) is 18.6. The Morgan fingerprint density at radius 3 is 2.87 bits per heavy atom. The molecule has 0 saturated heterocycles. The minimum absolute atomic E-state index is 0. The molecule has 0 saturated carbocycles. The van der Waals surface area contributed by atoms with Gasteiger partial charge in [0.1, 0.15) is 11.4 Å². The Kier molecular flexibility index (Phi) is 3.06. The summed E-state index contributed by atoms with van der Waals surface area (Å²) in [5.74, 6) is -1.09. The molecule has 0 fully saturated rings. The number of aromatic nitrogens is 2. The number of nitrogen functional groups attached to an aromatic ring is 1. The van der Waals surface area contributed by atoms with Gasteiger partial charge < -0.3 is 10.8 Å². The van der Waals surface area contributed by atoms with Crippen LogP contribution < -0.4 is 5.73 Å². The Morgan fingerprint density at radius 2 is 2.20 bits per heavy atom. The highest BCUT2D eigenvalue weighted by molar-refractivity contribution is 5.96. The first kappa shape index (κ1) is 11.2. The lowest BCUT2D eigenvalue weighted by Gasteiger charge is -2.01. The predicted molar refractivity (Wildman–Crippen MR) is 58.2 cm³/mol. The SMILES string of the molecule is Cl.Nc1nc2ncccc2cc1C(=O)O. The van der Waals surface area contributed by atoms with Crippen LogP contribution in [0.25, 0.3) is 11.0 Å². The first-order chi connectivity index (χ1) is 6.68. The van der Waals surface area contributed by atoms with Crippen LogP contribution in [-0.4, -0.2) is 21.0 Å². The highest BCUT2D eigenvalue weighted by Crippen LogP contribution is 2.16. The largest absolute Gasteiger partial charge is 0.478 e. The van der Waals surface area contributed by atoms with Gasteiger partial charge in [-0.2, -0.15) is 0 Å². The number of carboxylic acid groups (broad SMARTS) is 1. The lowest BCUT2D eigenvalue weighted by molar-refractivity contribution is 0.0698. The van der Waals surface area contributed by atoms with Crippen LogP contribution in [0.2, 0.25) is 0 Å². The van der Waals surface area contributed by atoms with E-state index in [1.807, 2.05) is 0 Å². The van der Waals surface area contributed by atoms with E-state index in [1.54, 1.807) is 18.3 Å². The molecule has 0 aromatic carbocycles. The standard InChI is InChI=1S/C9H7N3O2.ClH/c10-7-6(9(13)14)4-5-2-1-3-11-8(5)12-7;/h1-4H,(H,13,14)(H2,10,11,12);1H. The number of nitrogens with zero attached hydrogens (tertiary/aromatic N) is 2. The number of fused-ring (bicyclic) bond motifs is 1. The van der Waals surface area contributed by atoms with Crippen molar-refractivity contribution in [2.45, 2.75) is 0 Å². The third-order valence-corrected chi connectivity index (χ3v) is 1.85. The molecule has 2 heterocycles. The fourth-order valence-corrected chi connectivity index (χ4v) is 1.19. The Morgan fingerprint density at radius 1 is 1.47 bits per heavy atom. The summed E-state index contributed by atoms with van der Waals surface area (Å²) in [5, 5.41) is 9.45. The van der Waals surface area contributed by atoms with Crippen molar-refractivity contribution in [3.05, 3.63) is 30.0 Å². The molecule has 78 valence electrons. The average Bonchev–Trinajstić information content (AvgIpc) is 2.16. The molecule has 0 aliphatic rings. The third kappa shape index (κ3) is 1.97. The molecule has 0 amide bonds. The molecular formula is C9H8ClN3O2. The van der Waals surface area contributed by atoms with Crippen LogP contribution in [-0.2, 0) is 0 Å². The number of rotatable bonds is 1. The number of anilines is 1. The van der Waals surface area contributed by atoms with Gasteiger partial charge in [0.15, 0.2) is 5.65 Å². The van der Waals surface area contributed by atoms with Gasteiger partial charge in [0.25, 0.3) is 0 Å². The van der Waals surface area contributed by atoms with Crippen LogP contribution in [0.5, 0.6) is 0 Å². The molecule has 0 unspecified atom stereocenters. The zero-order valence-corrected chi connectivity index (χ0v) is 8.36. The smallest absolute Gasteiger partial charge is 0.339 e. The number of nitrogens with two attached hydrogens (primary N) is 1. The molecule has 0 aliphatic heterocycles. The van der Waals surface area contributed by atoms with E-state index in [9.17, 15) is 4.79 Å². The summed E-state index contributed by atoms with van der Waals surface area (Å²) in [5.41, 5.74) is 5.91. The number of pyridine rings is 2. The van der Waals surface area contributed by atoms with E-state index >= 15 is 0 Å². The molecule has 3 N–H and O–H groups in total. The van der Waals surface area contributed by atoms with Gasteiger partial charge in [-0.25, -0.2) is 14.8 Å². The Hall–Kier alpha value is -1.88. The number of carboxylic acids is 1. The van der Waals surface area contributed by atoms with Crippen LogP contribution >= 0.6 is 12.4 Å². The Balaban J connectivity index is 0.00000112. The predicted octanol–water partition coefficient (Wildman–Crippen LogP) is 1.33. The maximum atomic E-state index is 10.7. The monoisotopic (exact) mass is 225 g/mol. The molecule has 5 nitrogen and oxygen atoms in total. The number of hydrogen-bond donors (Lipinski definition) is 2. The summed E-state index contributed by atoms with van der Waals surface area (Å²) >= 11 is 0. The molecule has 0 radical (unpaired) electrons. The van der Waals surface area contributed by atoms with Gasteiger partial charge in [-0.15, -0.1) is 12.4 Å². The van der Waals surface area contributed by atoms with Crippen molar-refractivity contribution in [2.75, 3.05) is 5.73 Å². The number of carbonyl (C=O) groups is 1. The average molecular weight is 226 g/mol. The zero-order valence-electron chi connectivity index (χ0n) is 7.54. The molecule has 2 rings (SSSR count). The molecule has 2 aromatic heterocycles. The second-order valence-electron chi connectivity index (χ2n) is 2.78. The quantitative estimate of drug-likeness (QED) is 0.764. The Labute approximate surface area is 91.4 Å². The van der Waals surface area contributed by atoms with Gasteiger partial charge in [-0.05, 0) is 18.2 Å². The number of aromatic carboxylic acids is 1. The lowest BCUT2D eigenvalue weighted by Crippen LogP contribution is -2.04. The van der Waals surface area contributed by atoms with Crippen molar-refractivity contribution in [1.29, 1.82) is 0 Å². The third-order valence-electron chi connectivity index (χ3n) is 1.85. The van der Waals surface area contributed by atoms with E-state index in [0.29, 0.717) is 11.0 Å². The highest BCUT2D eigenvalue weighted by atomic mass is 35.5. The number of halogens is 1. The summed E-state index contributed by atoms with van der Waals surface area (Å²) in [6, 6.07) is 4.92. The van der Waals surface area contributed by atoms with E-state index in [0.717, 1.165) is 0 Å². The van der Waals surface area contributed by atoms with Crippen LogP contribution in [0, 0.1) is 0 Å². The van der Waals surface area contributed by atoms with Crippen LogP contribution in [0.15, 0.2) is 24.4 Å². The van der Waals surface area contributed by atoms with E-state index in [2.05, 4.69) is 9.97 Å². The zero-order chi connectivity index (χ0) is 10.1. The van der Waals surface area contributed by atoms with Crippen molar-refractivity contribution in [2.24, 2.45) is 0 Å². The van der Waals surface area contributed by atoms with Crippen molar-refractivity contribution >= 4 is 35.2 Å². The van der Waals surface area contributed by atoms with E-state index in [4.69, 9.17) is 10.8 Å². The van der Waals surface area contributed by atoms with Crippen molar-refractivity contribution in [1.82, 2.24) is 9.97 Å². The summed E-state index contributed by atoms with van der Waals surface area (Å²) in [6.45, 7) is 0. The number of hydrogen-bond acceptors (Lipinski definition) is 4. The van der Waals surface area contributed by atoms with Crippen LogP contribution in [0.1, 0.15) is 10.4 Å². The van der Waals surface area contributed by atoms with Gasteiger partial charge in [0.05, 0.1) is 0 Å². The van der Waals surface area contributed by atoms with Gasteiger partial charge in [0.2, 0.25) is 0 Å². The fraction of sp³-hybridized carbons (Fsp3) is 0. The van der Waals surface area contributed by atoms with Crippen LogP contribution in [0.4, 0.5) is 5.82 Å². The van der Waals surface area contributed by atoms with Gasteiger partial charge in [-0.3, -0.25) is 0 Å². The molecule has 0 aliphatic carbocycles. The molecule has 0 bridgehead atoms. The fourth-order valence-electron chi connectivity index (χ4n) is 1.19. The van der Waals surface area contributed by atoms with Crippen LogP contribution in [0.3, 0.4) is 0 Å². The highest BCUT2D eigenvalue weighted by Gasteiger charge is 2.10. The van der Waals surface area contributed by atoms with Crippen molar-refractivity contribution in [3.8, 4) is 0 Å². The molecule has 2 aromatic rings. The topological polar surface area (TPSA) is 89.1 Å². The molecule has 6 heteroatoms. The second-order valence-corrected chi connectivity index (χ2v) is 2.78. The Bertz CT molecular complexity index is 516. The molecule has 15 heavy (non-hydrogen) atoms. The summed E-state index contributed by atoms with van der Waals surface area (Å²) in [6.07, 6.45) is 1.58. The van der Waals surface area contributed by atoms with Gasteiger partial charge in [0, 0.05) is 11.6 Å². The normalized spacial score (nSPS) is 9.60. The molecule has 0 atom stereocenters. The minimum atomic E-state index is -1.08. The van der Waals surface area contributed by atoms with Gasteiger partial charge in [-0.1, -0.05) is 0 Å². The maximum absolute atomic E-state index is 10.7. The first-order valence-corrected chi connectivity index (χ1v) is 3.93. The van der Waals surface area contributed by atoms with Gasteiger partial charge >= 0.3 is 5.97 Å². The van der Waals surface area contributed by atoms with E-state index in [-0.39, 0.29) is 23.8 Å². The maximum Gasteiger partial charge on any atom is 0.339 e. The molecule has 0 spiro atoms.